The van der Waals surface area contributed by atoms with Crippen LogP contribution in [-0.2, 0) is 9.84 Å². The molecule has 2 aliphatic rings. The third-order valence-corrected chi connectivity index (χ3v) is 4.68. The Morgan fingerprint density at radius 3 is 2.81 bits per heavy atom. The molecule has 2 aromatic rings. The molecule has 2 aliphatic heterocycles. The fourth-order valence-corrected chi connectivity index (χ4v) is 3.18. The van der Waals surface area contributed by atoms with Gasteiger partial charge in [-0.1, -0.05) is 0 Å². The third-order valence-electron chi connectivity index (χ3n) is 3.82. The number of fused-ring (bicyclic) bond motifs is 3. The molecule has 0 unspecified atom stereocenters. The highest BCUT2D eigenvalue weighted by Gasteiger charge is 2.32. The molecule has 0 fully saturated rings. The molecule has 0 saturated carbocycles. The molecule has 0 spiro atoms. The van der Waals surface area contributed by atoms with Crippen molar-refractivity contribution in [3.8, 4) is 5.75 Å². The Hall–Kier alpha value is -2.88. The SMILES string of the molecule is CS(=O)(=O)c1ncc2c(n1)N1CCN=C1C(Oc1ccc(F)cc1F)=C2. The monoisotopic (exact) mass is 378 g/mol. The molecular formula is C16H12F2N4O3S. The number of sulfone groups is 1. The summed E-state index contributed by atoms with van der Waals surface area (Å²) in [6.45, 7) is 0.911. The minimum atomic E-state index is -3.56. The fourth-order valence-electron chi connectivity index (χ4n) is 2.68. The zero-order chi connectivity index (χ0) is 18.5. The minimum absolute atomic E-state index is 0.149. The molecule has 7 nitrogen and oxygen atoms in total. The van der Waals surface area contributed by atoms with Crippen LogP contribution < -0.4 is 9.64 Å². The summed E-state index contributed by atoms with van der Waals surface area (Å²) in [5.74, 6) is -0.659. The quantitative estimate of drug-likeness (QED) is 0.758. The summed E-state index contributed by atoms with van der Waals surface area (Å²) in [6.07, 6.45) is 3.93. The molecule has 0 atom stereocenters. The van der Waals surface area contributed by atoms with E-state index in [1.165, 1.54) is 12.3 Å². The van der Waals surface area contributed by atoms with Crippen LogP contribution in [-0.4, -0.2) is 43.6 Å². The maximum atomic E-state index is 13.9. The number of halogens is 2. The van der Waals surface area contributed by atoms with Crippen molar-refractivity contribution in [2.75, 3.05) is 24.2 Å². The summed E-state index contributed by atoms with van der Waals surface area (Å²) in [5.41, 5.74) is 0.510. The van der Waals surface area contributed by atoms with Crippen molar-refractivity contribution in [1.82, 2.24) is 9.97 Å². The van der Waals surface area contributed by atoms with E-state index >= 15 is 0 Å². The molecule has 0 radical (unpaired) electrons. The number of ether oxygens (including phenoxy) is 1. The number of anilines is 1. The zero-order valence-electron chi connectivity index (χ0n) is 13.5. The molecule has 0 N–H and O–H groups in total. The lowest BCUT2D eigenvalue weighted by atomic mass is 10.1. The summed E-state index contributed by atoms with van der Waals surface area (Å²) in [4.78, 5) is 14.0. The Balaban J connectivity index is 1.78. The number of nitrogens with zero attached hydrogens (tertiary/aromatic N) is 4. The average Bonchev–Trinajstić information content (AvgIpc) is 3.06. The largest absolute Gasteiger partial charge is 0.450 e. The maximum Gasteiger partial charge on any atom is 0.248 e. The van der Waals surface area contributed by atoms with Crippen LogP contribution in [0.5, 0.6) is 5.75 Å². The number of aliphatic imine (C=N–C) groups is 1. The predicted molar refractivity (Wildman–Crippen MR) is 89.8 cm³/mol. The van der Waals surface area contributed by atoms with E-state index in [9.17, 15) is 17.2 Å². The van der Waals surface area contributed by atoms with Crippen molar-refractivity contribution in [2.24, 2.45) is 4.99 Å². The first-order valence-electron chi connectivity index (χ1n) is 7.57. The van der Waals surface area contributed by atoms with Crippen molar-refractivity contribution < 1.29 is 21.9 Å². The first-order valence-corrected chi connectivity index (χ1v) is 9.46. The normalized spacial score (nSPS) is 15.9. The van der Waals surface area contributed by atoms with Crippen molar-refractivity contribution in [3.63, 3.8) is 0 Å². The topological polar surface area (TPSA) is 84.8 Å². The predicted octanol–water partition coefficient (Wildman–Crippen LogP) is 1.81. The van der Waals surface area contributed by atoms with Crippen molar-refractivity contribution >= 4 is 27.6 Å². The average molecular weight is 378 g/mol. The van der Waals surface area contributed by atoms with Crippen LogP contribution in [0.3, 0.4) is 0 Å². The van der Waals surface area contributed by atoms with Crippen molar-refractivity contribution in [1.29, 1.82) is 0 Å². The second-order valence-corrected chi connectivity index (χ2v) is 7.66. The molecule has 134 valence electrons. The van der Waals surface area contributed by atoms with Gasteiger partial charge in [0, 0.05) is 30.6 Å². The molecule has 10 heteroatoms. The van der Waals surface area contributed by atoms with Gasteiger partial charge in [0.1, 0.15) is 11.6 Å². The molecule has 3 heterocycles. The first kappa shape index (κ1) is 16.6. The fraction of sp³-hybridized carbons (Fsp3) is 0.188. The Morgan fingerprint density at radius 1 is 1.27 bits per heavy atom. The van der Waals surface area contributed by atoms with E-state index in [1.807, 2.05) is 0 Å². The lowest BCUT2D eigenvalue weighted by molar-refractivity contribution is 0.418. The number of rotatable bonds is 3. The second kappa shape index (κ2) is 5.84. The smallest absolute Gasteiger partial charge is 0.248 e. The van der Waals surface area contributed by atoms with E-state index in [0.717, 1.165) is 18.4 Å². The number of aromatic nitrogens is 2. The van der Waals surface area contributed by atoms with Gasteiger partial charge in [0.25, 0.3) is 0 Å². The standard InChI is InChI=1S/C16H12F2N4O3S/c1-26(23,24)16-20-8-9-6-13(15-19-4-5-22(15)14(9)21-16)25-12-3-2-10(17)7-11(12)18/h2-3,6-8H,4-5H2,1H3. The Morgan fingerprint density at radius 2 is 2.08 bits per heavy atom. The number of hydrogen-bond donors (Lipinski definition) is 0. The molecule has 4 rings (SSSR count). The van der Waals surface area contributed by atoms with E-state index in [2.05, 4.69) is 15.0 Å². The molecule has 0 aliphatic carbocycles. The van der Waals surface area contributed by atoms with Gasteiger partial charge in [-0.05, 0) is 18.2 Å². The minimum Gasteiger partial charge on any atom is -0.450 e. The molecule has 26 heavy (non-hydrogen) atoms. The molecular weight excluding hydrogens is 366 g/mol. The van der Waals surface area contributed by atoms with Crippen molar-refractivity contribution in [3.05, 3.63) is 47.4 Å². The first-order chi connectivity index (χ1) is 12.3. The Bertz CT molecular complexity index is 1080. The van der Waals surface area contributed by atoms with Crippen LogP contribution in [0, 0.1) is 11.6 Å². The van der Waals surface area contributed by atoms with Crippen LogP contribution in [0.25, 0.3) is 6.08 Å². The van der Waals surface area contributed by atoms with Gasteiger partial charge < -0.3 is 9.64 Å². The number of benzene rings is 1. The van der Waals surface area contributed by atoms with E-state index in [4.69, 9.17) is 4.74 Å². The van der Waals surface area contributed by atoms with Gasteiger partial charge in [0.2, 0.25) is 15.0 Å². The molecule has 0 amide bonds. The van der Waals surface area contributed by atoms with E-state index < -0.39 is 21.5 Å². The maximum absolute atomic E-state index is 13.9. The van der Waals surface area contributed by atoms with Gasteiger partial charge in [0.05, 0.1) is 6.54 Å². The van der Waals surface area contributed by atoms with Crippen LogP contribution in [0.15, 0.2) is 40.3 Å². The number of hydrogen-bond acceptors (Lipinski definition) is 7. The second-order valence-electron chi connectivity index (χ2n) is 5.75. The van der Waals surface area contributed by atoms with Gasteiger partial charge in [-0.15, -0.1) is 0 Å². The van der Waals surface area contributed by atoms with Crippen LogP contribution in [0.4, 0.5) is 14.6 Å². The third kappa shape index (κ3) is 2.81. The van der Waals surface area contributed by atoms with E-state index in [0.29, 0.717) is 30.3 Å². The highest BCUT2D eigenvalue weighted by Crippen LogP contribution is 2.32. The van der Waals surface area contributed by atoms with Gasteiger partial charge >= 0.3 is 0 Å². The molecule has 0 bridgehead atoms. The highest BCUT2D eigenvalue weighted by molar-refractivity contribution is 7.90. The van der Waals surface area contributed by atoms with Crippen LogP contribution in [0.2, 0.25) is 0 Å². The summed E-state index contributed by atoms with van der Waals surface area (Å²) in [7, 11) is -3.56. The van der Waals surface area contributed by atoms with Crippen LogP contribution in [0.1, 0.15) is 5.56 Å². The Kier molecular flexibility index (Phi) is 3.72. The zero-order valence-corrected chi connectivity index (χ0v) is 14.3. The summed E-state index contributed by atoms with van der Waals surface area (Å²) < 4.78 is 55.9. The van der Waals surface area contributed by atoms with E-state index in [-0.39, 0.29) is 16.7 Å². The summed E-state index contributed by atoms with van der Waals surface area (Å²) in [5, 5.41) is -0.287. The van der Waals surface area contributed by atoms with Gasteiger partial charge in [0.15, 0.2) is 23.2 Å². The Labute approximate surface area is 147 Å². The van der Waals surface area contributed by atoms with Crippen molar-refractivity contribution in [2.45, 2.75) is 5.16 Å². The number of amidine groups is 1. The lowest BCUT2D eigenvalue weighted by Gasteiger charge is -2.26. The molecule has 1 aromatic carbocycles. The lowest BCUT2D eigenvalue weighted by Crippen LogP contribution is -2.34. The van der Waals surface area contributed by atoms with Gasteiger partial charge in [-0.2, -0.15) is 4.98 Å². The summed E-state index contributed by atoms with van der Waals surface area (Å²) in [6, 6.07) is 3.00. The van der Waals surface area contributed by atoms with Gasteiger partial charge in [-0.25, -0.2) is 22.2 Å². The molecule has 1 aromatic heterocycles. The highest BCUT2D eigenvalue weighted by atomic mass is 32.2. The summed E-state index contributed by atoms with van der Waals surface area (Å²) >= 11 is 0. The van der Waals surface area contributed by atoms with Crippen LogP contribution >= 0.6 is 0 Å². The van der Waals surface area contributed by atoms with Gasteiger partial charge in [-0.3, -0.25) is 4.99 Å². The van der Waals surface area contributed by atoms with E-state index in [1.54, 1.807) is 11.0 Å². The molecule has 0 saturated heterocycles.